The Hall–Kier alpha value is -1.86. The van der Waals surface area contributed by atoms with Crippen molar-refractivity contribution in [1.82, 2.24) is 10.2 Å². The van der Waals surface area contributed by atoms with Gasteiger partial charge in [-0.15, -0.1) is 0 Å². The molecule has 7 heteroatoms. The van der Waals surface area contributed by atoms with E-state index in [-0.39, 0.29) is 26.1 Å². The number of alkyl halides is 3. The first-order valence-corrected chi connectivity index (χ1v) is 8.97. The van der Waals surface area contributed by atoms with Crippen LogP contribution in [0.4, 0.5) is 13.2 Å². The summed E-state index contributed by atoms with van der Waals surface area (Å²) in [4.78, 5) is 14.2. The Balaban J connectivity index is 1.70. The maximum absolute atomic E-state index is 13.8. The van der Waals surface area contributed by atoms with Crippen LogP contribution in [0.5, 0.6) is 0 Å². The van der Waals surface area contributed by atoms with Crippen LogP contribution in [-0.4, -0.2) is 30.1 Å². The lowest BCUT2D eigenvalue weighted by atomic mass is 9.85. The van der Waals surface area contributed by atoms with Gasteiger partial charge in [0.15, 0.2) is 5.41 Å². The van der Waals surface area contributed by atoms with Gasteiger partial charge in [-0.25, -0.2) is 0 Å². The van der Waals surface area contributed by atoms with Crippen molar-refractivity contribution in [1.29, 1.82) is 0 Å². The monoisotopic (exact) mass is 368 g/mol. The Morgan fingerprint density at radius 2 is 1.96 bits per heavy atom. The standard InChI is InChI=1S/C18H19F3N2OS/c19-18(20,21)17(16(24)22-10-15-6-9-25-12-15)7-8-23(13-17)11-14-4-2-1-3-5-14/h1-6,9,12H,7-8,10-11,13H2,(H,22,24). The average Bonchev–Trinajstić information content (AvgIpc) is 3.23. The quantitative estimate of drug-likeness (QED) is 0.870. The summed E-state index contributed by atoms with van der Waals surface area (Å²) < 4.78 is 41.3. The molecule has 1 aliphatic rings. The summed E-state index contributed by atoms with van der Waals surface area (Å²) in [5.74, 6) is -0.929. The van der Waals surface area contributed by atoms with Gasteiger partial charge < -0.3 is 5.32 Å². The van der Waals surface area contributed by atoms with E-state index >= 15 is 0 Å². The van der Waals surface area contributed by atoms with Gasteiger partial charge in [-0.05, 0) is 40.9 Å². The highest BCUT2D eigenvalue weighted by molar-refractivity contribution is 7.07. The molecule has 25 heavy (non-hydrogen) atoms. The van der Waals surface area contributed by atoms with Crippen LogP contribution < -0.4 is 5.32 Å². The van der Waals surface area contributed by atoms with Crippen LogP contribution in [0.1, 0.15) is 17.5 Å². The molecule has 3 rings (SSSR count). The molecule has 1 saturated heterocycles. The summed E-state index contributed by atoms with van der Waals surface area (Å²) in [5.41, 5.74) is -0.577. The first-order valence-electron chi connectivity index (χ1n) is 8.03. The number of nitrogens with zero attached hydrogens (tertiary/aromatic N) is 1. The molecule has 134 valence electrons. The van der Waals surface area contributed by atoms with Gasteiger partial charge >= 0.3 is 6.18 Å². The van der Waals surface area contributed by atoms with Crippen molar-refractivity contribution in [3.05, 3.63) is 58.3 Å². The first-order chi connectivity index (χ1) is 11.9. The van der Waals surface area contributed by atoms with Gasteiger partial charge in [-0.1, -0.05) is 30.3 Å². The molecule has 1 aliphatic heterocycles. The van der Waals surface area contributed by atoms with Crippen LogP contribution in [0.15, 0.2) is 47.2 Å². The maximum Gasteiger partial charge on any atom is 0.404 e. The molecule has 0 aliphatic carbocycles. The van der Waals surface area contributed by atoms with Crippen LogP contribution in [0.25, 0.3) is 0 Å². The Labute approximate surface area is 148 Å². The number of likely N-dealkylation sites (tertiary alicyclic amines) is 1. The Morgan fingerprint density at radius 1 is 1.20 bits per heavy atom. The van der Waals surface area contributed by atoms with E-state index in [4.69, 9.17) is 0 Å². The fourth-order valence-corrected chi connectivity index (χ4v) is 3.82. The van der Waals surface area contributed by atoms with Gasteiger partial charge in [-0.2, -0.15) is 24.5 Å². The lowest BCUT2D eigenvalue weighted by molar-refractivity contribution is -0.218. The number of halogens is 3. The van der Waals surface area contributed by atoms with Crippen LogP contribution >= 0.6 is 11.3 Å². The van der Waals surface area contributed by atoms with Crippen molar-refractivity contribution in [3.8, 4) is 0 Å². The summed E-state index contributed by atoms with van der Waals surface area (Å²) in [5, 5.41) is 6.13. The van der Waals surface area contributed by atoms with Gasteiger partial charge in [0.1, 0.15) is 0 Å². The van der Waals surface area contributed by atoms with Crippen molar-refractivity contribution < 1.29 is 18.0 Å². The smallest absolute Gasteiger partial charge is 0.351 e. The minimum absolute atomic E-state index is 0.124. The summed E-state index contributed by atoms with van der Waals surface area (Å²) >= 11 is 1.45. The van der Waals surface area contributed by atoms with E-state index in [1.165, 1.54) is 11.3 Å². The summed E-state index contributed by atoms with van der Waals surface area (Å²) in [6, 6.07) is 11.1. The third-order valence-electron chi connectivity index (χ3n) is 4.61. The molecule has 1 fully saturated rings. The van der Waals surface area contributed by atoms with E-state index in [1.807, 2.05) is 41.1 Å². The molecule has 1 unspecified atom stereocenters. The number of hydrogen-bond acceptors (Lipinski definition) is 3. The predicted octanol–water partition coefficient (Wildman–Crippen LogP) is 3.82. The number of benzene rings is 1. The summed E-state index contributed by atoms with van der Waals surface area (Å²) in [6.07, 6.45) is -4.78. The molecule has 0 spiro atoms. The molecule has 2 heterocycles. The van der Waals surface area contributed by atoms with E-state index in [0.717, 1.165) is 11.1 Å². The number of carbonyl (C=O) groups is 1. The highest BCUT2D eigenvalue weighted by Gasteiger charge is 2.62. The molecule has 0 bridgehead atoms. The molecular weight excluding hydrogens is 349 g/mol. The third kappa shape index (κ3) is 3.88. The van der Waals surface area contributed by atoms with Gasteiger partial charge in [0, 0.05) is 19.6 Å². The minimum atomic E-state index is -4.57. The molecule has 1 amide bonds. The van der Waals surface area contributed by atoms with E-state index in [0.29, 0.717) is 6.54 Å². The predicted molar refractivity (Wildman–Crippen MR) is 91.0 cm³/mol. The van der Waals surface area contributed by atoms with Crippen molar-refractivity contribution in [2.45, 2.75) is 25.7 Å². The fourth-order valence-electron chi connectivity index (χ4n) is 3.16. The molecular formula is C18H19F3N2OS. The number of nitrogens with one attached hydrogen (secondary N) is 1. The molecule has 1 aromatic heterocycles. The molecule has 3 nitrogen and oxygen atoms in total. The minimum Gasteiger partial charge on any atom is -0.351 e. The van der Waals surface area contributed by atoms with Crippen LogP contribution in [0.3, 0.4) is 0 Å². The average molecular weight is 368 g/mol. The second kappa shape index (κ2) is 7.17. The third-order valence-corrected chi connectivity index (χ3v) is 5.34. The highest BCUT2D eigenvalue weighted by atomic mass is 32.1. The maximum atomic E-state index is 13.8. The Kier molecular flexibility index (Phi) is 5.15. The molecule has 1 atom stereocenters. The molecule has 2 aromatic rings. The van der Waals surface area contributed by atoms with Crippen LogP contribution in [0, 0.1) is 5.41 Å². The topological polar surface area (TPSA) is 32.3 Å². The van der Waals surface area contributed by atoms with Gasteiger partial charge in [0.05, 0.1) is 0 Å². The molecule has 0 radical (unpaired) electrons. The van der Waals surface area contributed by atoms with Gasteiger partial charge in [0.25, 0.3) is 0 Å². The molecule has 1 N–H and O–H groups in total. The van der Waals surface area contributed by atoms with Crippen LogP contribution in [0.2, 0.25) is 0 Å². The number of thiophene rings is 1. The van der Waals surface area contributed by atoms with E-state index in [9.17, 15) is 18.0 Å². The van der Waals surface area contributed by atoms with Crippen molar-refractivity contribution in [2.75, 3.05) is 13.1 Å². The normalized spacial score (nSPS) is 21.4. The summed E-state index contributed by atoms with van der Waals surface area (Å²) in [6.45, 7) is 0.483. The number of carbonyl (C=O) groups excluding carboxylic acids is 1. The highest BCUT2D eigenvalue weighted by Crippen LogP contribution is 2.46. The Morgan fingerprint density at radius 3 is 2.60 bits per heavy atom. The lowest BCUT2D eigenvalue weighted by Crippen LogP contribution is -2.52. The first kappa shape index (κ1) is 17.9. The summed E-state index contributed by atoms with van der Waals surface area (Å²) in [7, 11) is 0. The van der Waals surface area contributed by atoms with Crippen LogP contribution in [-0.2, 0) is 17.9 Å². The zero-order chi connectivity index (χ0) is 17.9. The lowest BCUT2D eigenvalue weighted by Gasteiger charge is -2.30. The van der Waals surface area contributed by atoms with Crippen molar-refractivity contribution in [2.24, 2.45) is 5.41 Å². The second-order valence-corrected chi connectivity index (χ2v) is 7.12. The van der Waals surface area contributed by atoms with Crippen molar-refractivity contribution in [3.63, 3.8) is 0 Å². The Bertz CT molecular complexity index is 703. The number of hydrogen-bond donors (Lipinski definition) is 1. The zero-order valence-electron chi connectivity index (χ0n) is 13.6. The molecule has 0 saturated carbocycles. The number of amides is 1. The largest absolute Gasteiger partial charge is 0.404 e. The van der Waals surface area contributed by atoms with E-state index < -0.39 is 17.5 Å². The number of rotatable bonds is 5. The fraction of sp³-hybridized carbons (Fsp3) is 0.389. The second-order valence-electron chi connectivity index (χ2n) is 6.34. The van der Waals surface area contributed by atoms with E-state index in [1.54, 1.807) is 11.0 Å². The van der Waals surface area contributed by atoms with Crippen molar-refractivity contribution >= 4 is 17.2 Å². The molecule has 1 aromatic carbocycles. The SMILES string of the molecule is O=C(NCc1ccsc1)C1(C(F)(F)F)CCN(Cc2ccccc2)C1. The van der Waals surface area contributed by atoms with Gasteiger partial charge in [0.2, 0.25) is 5.91 Å². The van der Waals surface area contributed by atoms with E-state index in [2.05, 4.69) is 5.32 Å². The zero-order valence-corrected chi connectivity index (χ0v) is 14.4. The van der Waals surface area contributed by atoms with Gasteiger partial charge in [-0.3, -0.25) is 9.69 Å².